The zero-order chi connectivity index (χ0) is 13.6. The number of nitrogens with zero attached hydrogens (tertiary/aromatic N) is 1. The van der Waals surface area contributed by atoms with E-state index in [2.05, 4.69) is 0 Å². The Morgan fingerprint density at radius 3 is 2.68 bits per heavy atom. The van der Waals surface area contributed by atoms with Crippen LogP contribution >= 0.6 is 0 Å². The van der Waals surface area contributed by atoms with Crippen molar-refractivity contribution in [3.05, 3.63) is 53.6 Å². The van der Waals surface area contributed by atoms with Crippen LogP contribution in [0.1, 0.15) is 21.7 Å². The van der Waals surface area contributed by atoms with Crippen molar-refractivity contribution in [1.29, 1.82) is 0 Å². The number of rotatable bonds is 1. The van der Waals surface area contributed by atoms with Crippen LogP contribution in [-0.4, -0.2) is 10.5 Å². The molecule has 0 amide bonds. The van der Waals surface area contributed by atoms with E-state index in [1.807, 2.05) is 31.2 Å². The van der Waals surface area contributed by atoms with Crippen LogP contribution in [0.3, 0.4) is 0 Å². The Hall–Kier alpha value is -2.49. The minimum atomic E-state index is -0.114. The van der Waals surface area contributed by atoms with Crippen LogP contribution in [0.5, 0.6) is 0 Å². The zero-order valence-corrected chi connectivity index (χ0v) is 10.8. The molecular formula is C15H14N2O2. The Bertz CT molecular complexity index is 761. The van der Waals surface area contributed by atoms with E-state index in [-0.39, 0.29) is 5.91 Å². The van der Waals surface area contributed by atoms with Gasteiger partial charge < -0.3 is 10.2 Å². The number of hydrogen-bond donors (Lipinski definition) is 1. The van der Waals surface area contributed by atoms with Gasteiger partial charge in [-0.05, 0) is 19.9 Å². The third-order valence-corrected chi connectivity index (χ3v) is 3.33. The first-order valence-corrected chi connectivity index (χ1v) is 6.04. The Morgan fingerprint density at radius 1 is 1.26 bits per heavy atom. The molecule has 0 aliphatic heterocycles. The Kier molecular flexibility index (Phi) is 2.45. The van der Waals surface area contributed by atoms with Gasteiger partial charge in [0.05, 0.1) is 23.0 Å². The molecule has 0 spiro atoms. The van der Waals surface area contributed by atoms with Gasteiger partial charge in [0.1, 0.15) is 5.76 Å². The molecule has 4 heteroatoms. The van der Waals surface area contributed by atoms with E-state index in [0.717, 1.165) is 16.5 Å². The van der Waals surface area contributed by atoms with Crippen LogP contribution in [0, 0.1) is 13.8 Å². The summed E-state index contributed by atoms with van der Waals surface area (Å²) >= 11 is 0. The van der Waals surface area contributed by atoms with Crippen LogP contribution in [0.15, 0.2) is 41.1 Å². The van der Waals surface area contributed by atoms with Crippen LogP contribution in [0.25, 0.3) is 10.9 Å². The lowest BCUT2D eigenvalue weighted by molar-refractivity contribution is 0.0963. The van der Waals surface area contributed by atoms with Gasteiger partial charge in [0.15, 0.2) is 0 Å². The largest absolute Gasteiger partial charge is 0.469 e. The van der Waals surface area contributed by atoms with Crippen molar-refractivity contribution in [1.82, 2.24) is 4.57 Å². The summed E-state index contributed by atoms with van der Waals surface area (Å²) in [6.07, 6.45) is 3.26. The van der Waals surface area contributed by atoms with Crippen molar-refractivity contribution >= 4 is 22.5 Å². The number of anilines is 1. The van der Waals surface area contributed by atoms with Gasteiger partial charge in [0, 0.05) is 17.1 Å². The summed E-state index contributed by atoms with van der Waals surface area (Å²) in [5.41, 5.74) is 8.79. The molecule has 0 saturated carbocycles. The number of carbonyl (C=O) groups is 1. The molecule has 0 radical (unpaired) electrons. The van der Waals surface area contributed by atoms with E-state index < -0.39 is 0 Å². The number of aryl methyl sites for hydroxylation is 2. The van der Waals surface area contributed by atoms with Crippen molar-refractivity contribution < 1.29 is 9.21 Å². The SMILES string of the molecule is Cc1coc(C)c1C(=O)n1cc(N)c2ccccc21. The monoisotopic (exact) mass is 254 g/mol. The molecule has 0 unspecified atom stereocenters. The average molecular weight is 254 g/mol. The van der Waals surface area contributed by atoms with Crippen molar-refractivity contribution in [2.24, 2.45) is 0 Å². The third-order valence-electron chi connectivity index (χ3n) is 3.33. The molecule has 96 valence electrons. The lowest BCUT2D eigenvalue weighted by atomic mass is 10.1. The molecule has 0 bridgehead atoms. The predicted octanol–water partition coefficient (Wildman–Crippen LogP) is 3.12. The fourth-order valence-electron chi connectivity index (χ4n) is 2.39. The number of aromatic nitrogens is 1. The summed E-state index contributed by atoms with van der Waals surface area (Å²) in [4.78, 5) is 12.6. The quantitative estimate of drug-likeness (QED) is 0.725. The summed E-state index contributed by atoms with van der Waals surface area (Å²) in [6.45, 7) is 3.65. The van der Waals surface area contributed by atoms with Gasteiger partial charge in [-0.1, -0.05) is 18.2 Å². The van der Waals surface area contributed by atoms with E-state index in [9.17, 15) is 4.79 Å². The molecule has 0 atom stereocenters. The predicted molar refractivity (Wildman–Crippen MR) is 74.3 cm³/mol. The molecule has 2 heterocycles. The second kappa shape index (κ2) is 4.02. The van der Waals surface area contributed by atoms with E-state index in [4.69, 9.17) is 10.2 Å². The molecular weight excluding hydrogens is 240 g/mol. The highest BCUT2D eigenvalue weighted by Gasteiger charge is 2.19. The molecule has 2 aromatic heterocycles. The second-order valence-electron chi connectivity index (χ2n) is 4.63. The highest BCUT2D eigenvalue weighted by Crippen LogP contribution is 2.25. The molecule has 19 heavy (non-hydrogen) atoms. The summed E-state index contributed by atoms with van der Waals surface area (Å²) in [5.74, 6) is 0.510. The van der Waals surface area contributed by atoms with E-state index >= 15 is 0 Å². The highest BCUT2D eigenvalue weighted by molar-refractivity contribution is 6.06. The number of furan rings is 1. The first-order valence-electron chi connectivity index (χ1n) is 6.04. The first kappa shape index (κ1) is 11.6. The van der Waals surface area contributed by atoms with E-state index in [1.54, 1.807) is 24.0 Å². The molecule has 3 aromatic rings. The van der Waals surface area contributed by atoms with Gasteiger partial charge in [-0.2, -0.15) is 0 Å². The highest BCUT2D eigenvalue weighted by atomic mass is 16.3. The molecule has 2 N–H and O–H groups in total. The normalized spacial score (nSPS) is 11.1. The minimum Gasteiger partial charge on any atom is -0.469 e. The number of hydrogen-bond acceptors (Lipinski definition) is 3. The standard InChI is InChI=1S/C15H14N2O2/c1-9-8-19-10(2)14(9)15(18)17-7-12(16)11-5-3-4-6-13(11)17/h3-8H,16H2,1-2H3. The summed E-state index contributed by atoms with van der Waals surface area (Å²) in [7, 11) is 0. The smallest absolute Gasteiger partial charge is 0.266 e. The Morgan fingerprint density at radius 2 is 2.00 bits per heavy atom. The van der Waals surface area contributed by atoms with Gasteiger partial charge in [-0.3, -0.25) is 9.36 Å². The molecule has 0 fully saturated rings. The van der Waals surface area contributed by atoms with Gasteiger partial charge >= 0.3 is 0 Å². The van der Waals surface area contributed by atoms with E-state index in [1.165, 1.54) is 0 Å². The number of benzene rings is 1. The van der Waals surface area contributed by atoms with Crippen LogP contribution in [-0.2, 0) is 0 Å². The summed E-state index contributed by atoms with van der Waals surface area (Å²) in [5, 5.41) is 0.884. The van der Waals surface area contributed by atoms with Crippen LogP contribution in [0.4, 0.5) is 5.69 Å². The van der Waals surface area contributed by atoms with Crippen molar-refractivity contribution in [3.8, 4) is 0 Å². The number of para-hydroxylation sites is 1. The Labute approximate surface area is 110 Å². The topological polar surface area (TPSA) is 61.2 Å². The number of nitrogens with two attached hydrogens (primary N) is 1. The average Bonchev–Trinajstić information content (AvgIpc) is 2.91. The molecule has 4 nitrogen and oxygen atoms in total. The van der Waals surface area contributed by atoms with Gasteiger partial charge in [-0.25, -0.2) is 0 Å². The van der Waals surface area contributed by atoms with Crippen LogP contribution < -0.4 is 5.73 Å². The lowest BCUT2D eigenvalue weighted by Gasteiger charge is -2.04. The molecule has 1 aromatic carbocycles. The maximum absolute atomic E-state index is 12.6. The molecule has 3 rings (SSSR count). The van der Waals surface area contributed by atoms with Gasteiger partial charge in [0.2, 0.25) is 0 Å². The lowest BCUT2D eigenvalue weighted by Crippen LogP contribution is -2.12. The zero-order valence-electron chi connectivity index (χ0n) is 10.8. The fourth-order valence-corrected chi connectivity index (χ4v) is 2.39. The molecule has 0 aliphatic rings. The summed E-state index contributed by atoms with van der Waals surface area (Å²) in [6, 6.07) is 7.58. The van der Waals surface area contributed by atoms with Crippen molar-refractivity contribution in [2.45, 2.75) is 13.8 Å². The van der Waals surface area contributed by atoms with Gasteiger partial charge in [-0.15, -0.1) is 0 Å². The maximum Gasteiger partial charge on any atom is 0.266 e. The number of carbonyl (C=O) groups excluding carboxylic acids is 1. The van der Waals surface area contributed by atoms with Gasteiger partial charge in [0.25, 0.3) is 5.91 Å². The number of fused-ring (bicyclic) bond motifs is 1. The van der Waals surface area contributed by atoms with Crippen molar-refractivity contribution in [2.75, 3.05) is 5.73 Å². The molecule has 0 aliphatic carbocycles. The Balaban J connectivity index is 2.23. The minimum absolute atomic E-state index is 0.114. The number of nitrogen functional groups attached to an aromatic ring is 1. The maximum atomic E-state index is 12.6. The fraction of sp³-hybridized carbons (Fsp3) is 0.133. The summed E-state index contributed by atoms with van der Waals surface area (Å²) < 4.78 is 6.87. The first-order chi connectivity index (χ1) is 9.09. The van der Waals surface area contributed by atoms with E-state index in [0.29, 0.717) is 17.0 Å². The third kappa shape index (κ3) is 1.64. The van der Waals surface area contributed by atoms with Crippen LogP contribution in [0.2, 0.25) is 0 Å². The molecule has 0 saturated heterocycles. The van der Waals surface area contributed by atoms with Crippen molar-refractivity contribution in [3.63, 3.8) is 0 Å². The second-order valence-corrected chi connectivity index (χ2v) is 4.63.